The molecule has 0 atom stereocenters. The minimum absolute atomic E-state index is 0.00480. The Kier molecular flexibility index (Phi) is 6.05. The molecular formula is C24H25N3O4S. The number of rotatable bonds is 5. The molecule has 0 spiro atoms. The van der Waals surface area contributed by atoms with Crippen LogP contribution in [0.1, 0.15) is 11.1 Å². The lowest BCUT2D eigenvalue weighted by molar-refractivity contribution is -0.138. The molecule has 166 valence electrons. The number of fused-ring (bicyclic) bond motifs is 1. The lowest BCUT2D eigenvalue weighted by Gasteiger charge is -2.36. The van der Waals surface area contributed by atoms with Crippen molar-refractivity contribution in [3.05, 3.63) is 65.1 Å². The molecule has 2 aromatic carbocycles. The van der Waals surface area contributed by atoms with Crippen LogP contribution in [0.5, 0.6) is 11.5 Å². The Morgan fingerprint density at radius 2 is 1.75 bits per heavy atom. The zero-order valence-electron chi connectivity index (χ0n) is 17.7. The van der Waals surface area contributed by atoms with Crippen molar-refractivity contribution in [1.82, 2.24) is 14.7 Å². The van der Waals surface area contributed by atoms with Gasteiger partial charge in [0.15, 0.2) is 11.5 Å². The van der Waals surface area contributed by atoms with E-state index in [2.05, 4.69) is 11.0 Å². The Morgan fingerprint density at radius 3 is 2.56 bits per heavy atom. The topological polar surface area (TPSA) is 62.3 Å². The molecule has 7 nitrogen and oxygen atoms in total. The molecule has 2 amide bonds. The van der Waals surface area contributed by atoms with Gasteiger partial charge in [-0.1, -0.05) is 36.4 Å². The second kappa shape index (κ2) is 9.26. The fraction of sp³-hybridized carbons (Fsp3) is 0.333. The average Bonchev–Trinajstić information content (AvgIpc) is 3.29. The first-order valence-corrected chi connectivity index (χ1v) is 11.8. The third kappa shape index (κ3) is 4.47. The van der Waals surface area contributed by atoms with Crippen LogP contribution in [0.25, 0.3) is 5.70 Å². The number of amides is 2. The van der Waals surface area contributed by atoms with Crippen molar-refractivity contribution in [2.24, 2.45) is 0 Å². The molecule has 2 aromatic rings. The van der Waals surface area contributed by atoms with E-state index in [0.717, 1.165) is 42.4 Å². The maximum atomic E-state index is 13.0. The largest absolute Gasteiger partial charge is 0.454 e. The van der Waals surface area contributed by atoms with E-state index >= 15 is 0 Å². The second-order valence-corrected chi connectivity index (χ2v) is 8.86. The normalized spacial score (nSPS) is 18.6. The number of nitrogens with zero attached hydrogens (tertiary/aromatic N) is 3. The van der Waals surface area contributed by atoms with Gasteiger partial charge in [0, 0.05) is 32.7 Å². The lowest BCUT2D eigenvalue weighted by atomic mass is 10.1. The highest BCUT2D eigenvalue weighted by atomic mass is 32.2. The van der Waals surface area contributed by atoms with Crippen LogP contribution in [0.2, 0.25) is 0 Å². The molecule has 0 unspecified atom stereocenters. The molecule has 0 bridgehead atoms. The summed E-state index contributed by atoms with van der Waals surface area (Å²) in [5.74, 6) is 1.93. The summed E-state index contributed by atoms with van der Waals surface area (Å²) in [4.78, 5) is 31.5. The number of hydrogen-bond acceptors (Lipinski definition) is 6. The summed E-state index contributed by atoms with van der Waals surface area (Å²) in [6.45, 7) is 4.08. The molecular weight excluding hydrogens is 426 g/mol. The van der Waals surface area contributed by atoms with Crippen molar-refractivity contribution < 1.29 is 19.1 Å². The molecule has 32 heavy (non-hydrogen) atoms. The molecule has 1 saturated heterocycles. The molecule has 0 radical (unpaired) electrons. The third-order valence-electron chi connectivity index (χ3n) is 5.92. The van der Waals surface area contributed by atoms with Crippen molar-refractivity contribution >= 4 is 29.3 Å². The number of piperazine rings is 1. The van der Waals surface area contributed by atoms with Crippen LogP contribution < -0.4 is 9.47 Å². The zero-order valence-corrected chi connectivity index (χ0v) is 18.6. The van der Waals surface area contributed by atoms with Crippen LogP contribution in [0, 0.1) is 0 Å². The van der Waals surface area contributed by atoms with E-state index in [9.17, 15) is 9.59 Å². The standard InChI is InChI=1S/C24H25N3O4S/c28-23(14-27-20(15-32-16-24(27)29)19-4-2-1-3-5-19)26-10-8-25(9-11-26)13-18-6-7-21-22(12-18)31-17-30-21/h1-7,12,15H,8-11,13-14,16-17H2. The van der Waals surface area contributed by atoms with Crippen molar-refractivity contribution in [3.8, 4) is 11.5 Å². The highest BCUT2D eigenvalue weighted by molar-refractivity contribution is 8.03. The van der Waals surface area contributed by atoms with Gasteiger partial charge in [0.25, 0.3) is 0 Å². The Morgan fingerprint density at radius 1 is 0.969 bits per heavy atom. The summed E-state index contributed by atoms with van der Waals surface area (Å²) in [6, 6.07) is 15.8. The SMILES string of the molecule is O=C(CN1C(=O)CSC=C1c1ccccc1)N1CCN(Cc2ccc3c(c2)OCO3)CC1. The Hall–Kier alpha value is -2.97. The summed E-state index contributed by atoms with van der Waals surface area (Å²) in [5.41, 5.74) is 2.93. The number of carbonyl (C=O) groups is 2. The van der Waals surface area contributed by atoms with Gasteiger partial charge in [-0.15, -0.1) is 11.8 Å². The van der Waals surface area contributed by atoms with E-state index in [-0.39, 0.29) is 25.2 Å². The second-order valence-electron chi connectivity index (χ2n) is 8.00. The van der Waals surface area contributed by atoms with Crippen molar-refractivity contribution in [3.63, 3.8) is 0 Å². The predicted octanol–water partition coefficient (Wildman–Crippen LogP) is 2.63. The maximum absolute atomic E-state index is 13.0. The molecule has 0 aliphatic carbocycles. The van der Waals surface area contributed by atoms with Gasteiger partial charge >= 0.3 is 0 Å². The summed E-state index contributed by atoms with van der Waals surface area (Å²) in [6.07, 6.45) is 0. The minimum Gasteiger partial charge on any atom is -0.454 e. The molecule has 0 saturated carbocycles. The van der Waals surface area contributed by atoms with E-state index in [1.54, 1.807) is 4.90 Å². The van der Waals surface area contributed by atoms with Crippen LogP contribution in [0.15, 0.2) is 53.9 Å². The van der Waals surface area contributed by atoms with E-state index in [1.807, 2.05) is 52.8 Å². The van der Waals surface area contributed by atoms with E-state index in [0.29, 0.717) is 18.8 Å². The smallest absolute Gasteiger partial charge is 0.242 e. The summed E-state index contributed by atoms with van der Waals surface area (Å²) < 4.78 is 10.8. The quantitative estimate of drug-likeness (QED) is 0.697. The molecule has 5 rings (SSSR count). The number of thioether (sulfide) groups is 1. The molecule has 0 aromatic heterocycles. The lowest BCUT2D eigenvalue weighted by Crippen LogP contribution is -2.51. The summed E-state index contributed by atoms with van der Waals surface area (Å²) >= 11 is 1.48. The van der Waals surface area contributed by atoms with Crippen LogP contribution in [-0.4, -0.2) is 71.8 Å². The van der Waals surface area contributed by atoms with Crippen molar-refractivity contribution in [2.45, 2.75) is 6.54 Å². The predicted molar refractivity (Wildman–Crippen MR) is 123 cm³/mol. The average molecular weight is 452 g/mol. The summed E-state index contributed by atoms with van der Waals surface area (Å²) in [5, 5.41) is 1.98. The van der Waals surface area contributed by atoms with Gasteiger partial charge in [-0.05, 0) is 28.7 Å². The fourth-order valence-corrected chi connectivity index (χ4v) is 4.97. The first kappa shape index (κ1) is 20.9. The van der Waals surface area contributed by atoms with Crippen LogP contribution >= 0.6 is 11.8 Å². The minimum atomic E-state index is -0.0221. The monoisotopic (exact) mass is 451 g/mol. The molecule has 3 aliphatic rings. The molecule has 8 heteroatoms. The number of ether oxygens (including phenoxy) is 2. The first-order chi connectivity index (χ1) is 15.7. The Bertz CT molecular complexity index is 1030. The van der Waals surface area contributed by atoms with Gasteiger partial charge in [-0.25, -0.2) is 0 Å². The number of carbonyl (C=O) groups excluding carboxylic acids is 2. The molecule has 3 heterocycles. The van der Waals surface area contributed by atoms with Crippen LogP contribution in [0.3, 0.4) is 0 Å². The van der Waals surface area contributed by atoms with Gasteiger partial charge in [0.2, 0.25) is 18.6 Å². The summed E-state index contributed by atoms with van der Waals surface area (Å²) in [7, 11) is 0. The zero-order chi connectivity index (χ0) is 21.9. The Balaban J connectivity index is 1.18. The van der Waals surface area contributed by atoms with Crippen molar-refractivity contribution in [1.29, 1.82) is 0 Å². The highest BCUT2D eigenvalue weighted by Crippen LogP contribution is 2.33. The molecule has 1 fully saturated rings. The molecule has 3 aliphatic heterocycles. The van der Waals surface area contributed by atoms with E-state index in [4.69, 9.17) is 9.47 Å². The highest BCUT2D eigenvalue weighted by Gasteiger charge is 2.29. The van der Waals surface area contributed by atoms with Crippen molar-refractivity contribution in [2.75, 3.05) is 45.3 Å². The van der Waals surface area contributed by atoms with E-state index < -0.39 is 0 Å². The molecule has 0 N–H and O–H groups in total. The van der Waals surface area contributed by atoms with Gasteiger partial charge in [-0.2, -0.15) is 0 Å². The van der Waals surface area contributed by atoms with Gasteiger partial charge in [-0.3, -0.25) is 14.5 Å². The van der Waals surface area contributed by atoms with Gasteiger partial charge in [0.1, 0.15) is 6.54 Å². The Labute approximate surface area is 191 Å². The van der Waals surface area contributed by atoms with Gasteiger partial charge in [0.05, 0.1) is 11.4 Å². The van der Waals surface area contributed by atoms with Crippen LogP contribution in [-0.2, 0) is 16.1 Å². The van der Waals surface area contributed by atoms with E-state index in [1.165, 1.54) is 17.3 Å². The maximum Gasteiger partial charge on any atom is 0.242 e. The van der Waals surface area contributed by atoms with Gasteiger partial charge < -0.3 is 19.3 Å². The fourth-order valence-electron chi connectivity index (χ4n) is 4.16. The first-order valence-electron chi connectivity index (χ1n) is 10.7. The third-order valence-corrected chi connectivity index (χ3v) is 6.73. The number of benzene rings is 2. The number of hydrogen-bond donors (Lipinski definition) is 0. The van der Waals surface area contributed by atoms with Crippen LogP contribution in [0.4, 0.5) is 0 Å².